The normalized spacial score (nSPS) is 23.5. The number of hydrogen-bond acceptors (Lipinski definition) is 5. The number of morpholine rings is 1. The average Bonchev–Trinajstić information content (AvgIpc) is 2.51. The molecular weight excluding hydrogens is 375 g/mol. The lowest BCUT2D eigenvalue weighted by Crippen LogP contribution is -2.58. The van der Waals surface area contributed by atoms with E-state index in [4.69, 9.17) is 9.47 Å². The van der Waals surface area contributed by atoms with Crippen LogP contribution in [0.25, 0.3) is 0 Å². The number of aryl methyl sites for hydroxylation is 1. The van der Waals surface area contributed by atoms with Gasteiger partial charge in [-0.15, -0.1) is 0 Å². The van der Waals surface area contributed by atoms with Crippen molar-refractivity contribution in [3.05, 3.63) is 23.4 Å². The molecule has 0 unspecified atom stereocenters. The van der Waals surface area contributed by atoms with Crippen molar-refractivity contribution >= 4 is 11.9 Å². The number of hydrogen-bond donors (Lipinski definition) is 1. The molecule has 1 N–H and O–H groups in total. The highest BCUT2D eigenvalue weighted by atomic mass is 19.4. The third-order valence-electron chi connectivity index (χ3n) is 4.36. The standard InChI is InChI=1S/C19H28F3N3O3/c1-11-7-14(19(20,21)22)8-23-16(11)24-9-15-13(3)27-12(2)10-25(15)17(26)28-18(4,5)6/h7-8,12-13,15H,9-10H2,1-6H3,(H,23,24)/t12-,13+,15-/m1/s1. The molecule has 1 aliphatic heterocycles. The Morgan fingerprint density at radius 3 is 2.54 bits per heavy atom. The Balaban J connectivity index is 2.14. The fourth-order valence-corrected chi connectivity index (χ4v) is 3.09. The summed E-state index contributed by atoms with van der Waals surface area (Å²) in [5, 5.41) is 3.05. The second-order valence-corrected chi connectivity index (χ2v) is 8.12. The van der Waals surface area contributed by atoms with Gasteiger partial charge in [0, 0.05) is 12.7 Å². The SMILES string of the molecule is Cc1cc(C(F)(F)F)cnc1NC[C@@H]1[C@H](C)O[C@H](C)CN1C(=O)OC(C)(C)C. The van der Waals surface area contributed by atoms with Gasteiger partial charge in [0.1, 0.15) is 11.4 Å². The van der Waals surface area contributed by atoms with Gasteiger partial charge in [-0.2, -0.15) is 13.2 Å². The summed E-state index contributed by atoms with van der Waals surface area (Å²) in [5.74, 6) is 0.336. The molecule has 1 aromatic rings. The van der Waals surface area contributed by atoms with Crippen LogP contribution in [0.1, 0.15) is 45.7 Å². The third kappa shape index (κ3) is 5.73. The number of carbonyl (C=O) groups excluding carboxylic acids is 1. The summed E-state index contributed by atoms with van der Waals surface area (Å²) in [6.07, 6.45) is -4.52. The van der Waals surface area contributed by atoms with Crippen molar-refractivity contribution in [3.8, 4) is 0 Å². The molecule has 0 bridgehead atoms. The molecule has 1 amide bonds. The Labute approximate surface area is 163 Å². The number of nitrogens with zero attached hydrogens (tertiary/aromatic N) is 2. The first kappa shape index (κ1) is 22.3. The number of aromatic nitrogens is 1. The third-order valence-corrected chi connectivity index (χ3v) is 4.36. The largest absolute Gasteiger partial charge is 0.444 e. The van der Waals surface area contributed by atoms with E-state index in [0.717, 1.165) is 12.3 Å². The predicted octanol–water partition coefficient (Wildman–Crippen LogP) is 4.23. The van der Waals surface area contributed by atoms with E-state index in [1.807, 2.05) is 13.8 Å². The number of ether oxygens (including phenoxy) is 2. The monoisotopic (exact) mass is 403 g/mol. The lowest BCUT2D eigenvalue weighted by Gasteiger charge is -2.43. The summed E-state index contributed by atoms with van der Waals surface area (Å²) in [4.78, 5) is 18.1. The molecule has 2 heterocycles. The van der Waals surface area contributed by atoms with Crippen LogP contribution in [0.4, 0.5) is 23.8 Å². The average molecular weight is 403 g/mol. The molecule has 28 heavy (non-hydrogen) atoms. The van der Waals surface area contributed by atoms with Crippen molar-refractivity contribution in [1.29, 1.82) is 0 Å². The summed E-state index contributed by atoms with van der Waals surface area (Å²) in [5.41, 5.74) is -1.06. The minimum absolute atomic E-state index is 0.148. The maximum Gasteiger partial charge on any atom is 0.417 e. The molecule has 9 heteroatoms. The van der Waals surface area contributed by atoms with Crippen LogP contribution in [-0.2, 0) is 15.7 Å². The maximum absolute atomic E-state index is 12.8. The van der Waals surface area contributed by atoms with Gasteiger partial charge in [0.25, 0.3) is 0 Å². The first-order valence-corrected chi connectivity index (χ1v) is 9.20. The molecule has 6 nitrogen and oxygen atoms in total. The molecule has 1 fully saturated rings. The molecule has 1 aliphatic rings. The highest BCUT2D eigenvalue weighted by molar-refractivity contribution is 5.69. The lowest BCUT2D eigenvalue weighted by atomic mass is 10.1. The summed E-state index contributed by atoms with van der Waals surface area (Å²) in [6.45, 7) is 11.3. The van der Waals surface area contributed by atoms with Crippen molar-refractivity contribution in [2.24, 2.45) is 0 Å². The van der Waals surface area contributed by atoms with Gasteiger partial charge in [-0.25, -0.2) is 9.78 Å². The summed E-state index contributed by atoms with van der Waals surface area (Å²) in [7, 11) is 0. The molecule has 0 saturated carbocycles. The van der Waals surface area contributed by atoms with Crippen molar-refractivity contribution in [2.45, 2.75) is 71.6 Å². The smallest absolute Gasteiger partial charge is 0.417 e. The second-order valence-electron chi connectivity index (χ2n) is 8.12. The van der Waals surface area contributed by atoms with Crippen molar-refractivity contribution < 1.29 is 27.4 Å². The second kappa shape index (κ2) is 8.14. The lowest BCUT2D eigenvalue weighted by molar-refractivity contribution is -0.137. The van der Waals surface area contributed by atoms with E-state index in [2.05, 4.69) is 10.3 Å². The Morgan fingerprint density at radius 2 is 2.00 bits per heavy atom. The summed E-state index contributed by atoms with van der Waals surface area (Å²) in [6, 6.07) is 0.693. The maximum atomic E-state index is 12.8. The molecular formula is C19H28F3N3O3. The van der Waals surface area contributed by atoms with E-state index >= 15 is 0 Å². The van der Waals surface area contributed by atoms with Gasteiger partial charge in [0.2, 0.25) is 0 Å². The van der Waals surface area contributed by atoms with Gasteiger partial charge in [0.05, 0.1) is 30.4 Å². The molecule has 1 aromatic heterocycles. The highest BCUT2D eigenvalue weighted by Gasteiger charge is 2.38. The van der Waals surface area contributed by atoms with Crippen LogP contribution in [0.3, 0.4) is 0 Å². The molecule has 1 saturated heterocycles. The number of alkyl halides is 3. The highest BCUT2D eigenvalue weighted by Crippen LogP contribution is 2.30. The van der Waals surface area contributed by atoms with Crippen molar-refractivity contribution in [3.63, 3.8) is 0 Å². The molecule has 0 radical (unpaired) electrons. The van der Waals surface area contributed by atoms with Crippen LogP contribution in [-0.4, -0.2) is 52.9 Å². The first-order valence-electron chi connectivity index (χ1n) is 9.20. The molecule has 3 atom stereocenters. The number of amides is 1. The van der Waals surface area contributed by atoms with Gasteiger partial charge in [-0.05, 0) is 53.2 Å². The quantitative estimate of drug-likeness (QED) is 0.818. The zero-order chi connectivity index (χ0) is 21.3. The van der Waals surface area contributed by atoms with E-state index in [-0.39, 0.29) is 24.8 Å². The molecule has 0 spiro atoms. The number of nitrogens with one attached hydrogen (secondary N) is 1. The van der Waals surface area contributed by atoms with Crippen LogP contribution in [0, 0.1) is 6.92 Å². The summed E-state index contributed by atoms with van der Waals surface area (Å²) >= 11 is 0. The Kier molecular flexibility index (Phi) is 6.48. The van der Waals surface area contributed by atoms with Crippen molar-refractivity contribution in [2.75, 3.05) is 18.4 Å². The van der Waals surface area contributed by atoms with Crippen LogP contribution < -0.4 is 5.32 Å². The zero-order valence-electron chi connectivity index (χ0n) is 17.1. The van der Waals surface area contributed by atoms with Crippen LogP contribution in [0.2, 0.25) is 0 Å². The number of carbonyl (C=O) groups is 1. The van der Waals surface area contributed by atoms with E-state index in [9.17, 15) is 18.0 Å². The number of anilines is 1. The van der Waals surface area contributed by atoms with Gasteiger partial charge in [-0.3, -0.25) is 4.90 Å². The zero-order valence-corrected chi connectivity index (χ0v) is 17.1. The molecule has 2 rings (SSSR count). The van der Waals surface area contributed by atoms with E-state index in [1.54, 1.807) is 32.6 Å². The minimum atomic E-state index is -4.44. The van der Waals surface area contributed by atoms with Crippen LogP contribution in [0.15, 0.2) is 12.3 Å². The van der Waals surface area contributed by atoms with Gasteiger partial charge in [0.15, 0.2) is 0 Å². The Bertz CT molecular complexity index is 704. The molecule has 0 aromatic carbocycles. The number of pyridine rings is 1. The summed E-state index contributed by atoms with van der Waals surface area (Å²) < 4.78 is 49.7. The van der Waals surface area contributed by atoms with E-state index in [0.29, 0.717) is 17.9 Å². The van der Waals surface area contributed by atoms with Gasteiger partial charge >= 0.3 is 12.3 Å². The van der Waals surface area contributed by atoms with Crippen LogP contribution >= 0.6 is 0 Å². The predicted molar refractivity (Wildman–Crippen MR) is 99.2 cm³/mol. The molecule has 158 valence electrons. The van der Waals surface area contributed by atoms with Gasteiger partial charge in [-0.1, -0.05) is 0 Å². The van der Waals surface area contributed by atoms with E-state index in [1.165, 1.54) is 0 Å². The fraction of sp³-hybridized carbons (Fsp3) is 0.684. The van der Waals surface area contributed by atoms with Crippen molar-refractivity contribution in [1.82, 2.24) is 9.88 Å². The number of halogens is 3. The topological polar surface area (TPSA) is 63.7 Å². The molecule has 0 aliphatic carbocycles. The van der Waals surface area contributed by atoms with E-state index < -0.39 is 23.4 Å². The first-order chi connectivity index (χ1) is 12.8. The van der Waals surface area contributed by atoms with Crippen LogP contribution in [0.5, 0.6) is 0 Å². The number of rotatable bonds is 3. The Morgan fingerprint density at radius 1 is 1.36 bits per heavy atom. The van der Waals surface area contributed by atoms with Gasteiger partial charge < -0.3 is 14.8 Å². The Hall–Kier alpha value is -2.03. The fourth-order valence-electron chi connectivity index (χ4n) is 3.09. The minimum Gasteiger partial charge on any atom is -0.444 e.